The number of halogens is 6. The third-order valence-electron chi connectivity index (χ3n) is 5.89. The lowest BCUT2D eigenvalue weighted by atomic mass is 10.1. The van der Waals surface area contributed by atoms with Gasteiger partial charge >= 0.3 is 24.3 Å². The molecule has 0 radical (unpaired) electrons. The van der Waals surface area contributed by atoms with Gasteiger partial charge in [0.2, 0.25) is 0 Å². The summed E-state index contributed by atoms with van der Waals surface area (Å²) in [6.07, 6.45) is -4.10. The van der Waals surface area contributed by atoms with Crippen LogP contribution in [-0.4, -0.2) is 80.9 Å². The maximum atomic E-state index is 10.6. The van der Waals surface area contributed by atoms with Gasteiger partial charge in [-0.05, 0) is 44.4 Å². The molecule has 4 rings (SSSR count). The molecule has 1 aliphatic heterocycles. The van der Waals surface area contributed by atoms with Gasteiger partial charge in [0.25, 0.3) is 0 Å². The number of carbonyl (C=O) groups is 2. The summed E-state index contributed by atoms with van der Waals surface area (Å²) in [4.78, 5) is 24.4. The van der Waals surface area contributed by atoms with E-state index in [0.29, 0.717) is 12.6 Å². The number of hydrogen-bond donors (Lipinski definition) is 2. The maximum Gasteiger partial charge on any atom is 0.490 e. The minimum absolute atomic E-state index is 0.149. The van der Waals surface area contributed by atoms with Crippen LogP contribution in [0.25, 0.3) is 0 Å². The number of carboxylic acids is 2. The van der Waals surface area contributed by atoms with Crippen LogP contribution >= 0.6 is 0 Å². The van der Waals surface area contributed by atoms with Crippen LogP contribution in [0.5, 0.6) is 0 Å². The van der Waals surface area contributed by atoms with Gasteiger partial charge in [-0.1, -0.05) is 5.16 Å². The average molecular weight is 571 g/mol. The lowest BCUT2D eigenvalue weighted by molar-refractivity contribution is -0.193. The van der Waals surface area contributed by atoms with E-state index in [2.05, 4.69) is 15.0 Å². The second kappa shape index (κ2) is 13.7. The smallest absolute Gasteiger partial charge is 0.475 e. The third kappa shape index (κ3) is 9.78. The van der Waals surface area contributed by atoms with Gasteiger partial charge in [-0.15, -0.1) is 0 Å². The number of nitrogens with zero attached hydrogens (tertiary/aromatic N) is 3. The van der Waals surface area contributed by atoms with E-state index in [9.17, 15) is 26.3 Å². The van der Waals surface area contributed by atoms with Crippen LogP contribution in [-0.2, 0) is 32.2 Å². The molecule has 0 unspecified atom stereocenters. The molecule has 3 atom stereocenters. The number of carboxylic acid groups (broad SMARTS) is 2. The maximum absolute atomic E-state index is 10.6. The Balaban J connectivity index is 0.000000317. The molecule has 2 aromatic heterocycles. The van der Waals surface area contributed by atoms with Gasteiger partial charge < -0.3 is 24.2 Å². The summed E-state index contributed by atoms with van der Waals surface area (Å²) in [5.41, 5.74) is 3.35. The van der Waals surface area contributed by atoms with Gasteiger partial charge in [0.15, 0.2) is 0 Å². The number of ether oxygens (including phenoxy) is 2. The summed E-state index contributed by atoms with van der Waals surface area (Å²) < 4.78 is 81.1. The quantitative estimate of drug-likeness (QED) is 0.509. The van der Waals surface area contributed by atoms with Crippen molar-refractivity contribution < 1.29 is 60.1 Å². The molecule has 10 nitrogen and oxygen atoms in total. The van der Waals surface area contributed by atoms with Gasteiger partial charge in [0, 0.05) is 37.1 Å². The van der Waals surface area contributed by atoms with Gasteiger partial charge in [0.1, 0.15) is 5.76 Å². The summed E-state index contributed by atoms with van der Waals surface area (Å²) in [6, 6.07) is 4.40. The molecule has 0 bridgehead atoms. The normalized spacial score (nSPS) is 21.2. The number of rotatable bonds is 5. The van der Waals surface area contributed by atoms with Crippen molar-refractivity contribution in [2.45, 2.75) is 70.4 Å². The molecule has 16 heteroatoms. The summed E-state index contributed by atoms with van der Waals surface area (Å²) >= 11 is 0. The van der Waals surface area contributed by atoms with Gasteiger partial charge in [-0.25, -0.2) is 9.59 Å². The molecule has 39 heavy (non-hydrogen) atoms. The van der Waals surface area contributed by atoms with E-state index < -0.39 is 24.3 Å². The van der Waals surface area contributed by atoms with E-state index in [0.717, 1.165) is 49.6 Å². The number of alkyl halides is 6. The Morgan fingerprint density at radius 1 is 1.05 bits per heavy atom. The molecule has 2 N–H and O–H groups in total. The molecule has 0 aromatic carbocycles. The summed E-state index contributed by atoms with van der Waals surface area (Å²) in [5.74, 6) is -4.59. The predicted octanol–water partition coefficient (Wildman–Crippen LogP) is 3.90. The zero-order valence-electron chi connectivity index (χ0n) is 20.8. The number of fused-ring (bicyclic) bond motifs is 1. The summed E-state index contributed by atoms with van der Waals surface area (Å²) in [5, 5.41) is 18.3. The summed E-state index contributed by atoms with van der Waals surface area (Å²) in [6.45, 7) is 7.19. The molecular formula is C23H27F6N3O7. The van der Waals surface area contributed by atoms with Crippen LogP contribution in [0.3, 0.4) is 0 Å². The van der Waals surface area contributed by atoms with Crippen molar-refractivity contribution in [3.8, 4) is 0 Å². The minimum atomic E-state index is -5.08. The molecule has 2 aliphatic rings. The zero-order chi connectivity index (χ0) is 29.4. The molecular weight excluding hydrogens is 544 g/mol. The monoisotopic (exact) mass is 571 g/mol. The van der Waals surface area contributed by atoms with Crippen molar-refractivity contribution in [2.24, 2.45) is 0 Å². The van der Waals surface area contributed by atoms with Gasteiger partial charge in [0.05, 0.1) is 31.1 Å². The van der Waals surface area contributed by atoms with Crippen molar-refractivity contribution in [2.75, 3.05) is 13.2 Å². The Morgan fingerprint density at radius 2 is 1.62 bits per heavy atom. The van der Waals surface area contributed by atoms with Crippen LogP contribution in [0.4, 0.5) is 26.3 Å². The Hall–Kier alpha value is -3.24. The lowest BCUT2D eigenvalue weighted by Crippen LogP contribution is -2.51. The largest absolute Gasteiger partial charge is 0.490 e. The predicted molar refractivity (Wildman–Crippen MR) is 119 cm³/mol. The SMILES string of the molecule is Cc1noc(C)c1CN1CCO[C@H]2[C@H](OCc3ccncc3)CC[C@@H]21.O=C(O)C(F)(F)F.O=C(O)C(F)(F)F. The second-order valence-corrected chi connectivity index (χ2v) is 8.56. The first-order valence-electron chi connectivity index (χ1n) is 11.5. The fraction of sp³-hybridized carbons (Fsp3) is 0.565. The van der Waals surface area contributed by atoms with Gasteiger partial charge in [-0.2, -0.15) is 26.3 Å². The molecule has 1 saturated carbocycles. The Morgan fingerprint density at radius 3 is 2.10 bits per heavy atom. The number of aromatic nitrogens is 2. The van der Waals surface area contributed by atoms with Gasteiger partial charge in [-0.3, -0.25) is 9.88 Å². The highest BCUT2D eigenvalue weighted by atomic mass is 19.4. The average Bonchev–Trinajstić information content (AvgIpc) is 3.42. The first kappa shape index (κ1) is 32.0. The number of morpholine rings is 1. The number of hydrogen-bond acceptors (Lipinski definition) is 8. The fourth-order valence-electron chi connectivity index (χ4n) is 3.98. The molecule has 1 aliphatic carbocycles. The van der Waals surface area contributed by atoms with Crippen LogP contribution in [0.1, 0.15) is 35.4 Å². The highest BCUT2D eigenvalue weighted by Gasteiger charge is 2.43. The fourth-order valence-corrected chi connectivity index (χ4v) is 3.98. The minimum Gasteiger partial charge on any atom is -0.475 e. The summed E-state index contributed by atoms with van der Waals surface area (Å²) in [7, 11) is 0. The van der Waals surface area contributed by atoms with Crippen LogP contribution < -0.4 is 0 Å². The molecule has 1 saturated heterocycles. The second-order valence-electron chi connectivity index (χ2n) is 8.56. The van der Waals surface area contributed by atoms with Crippen LogP contribution in [0, 0.1) is 13.8 Å². The van der Waals surface area contributed by atoms with E-state index in [1.54, 1.807) is 12.4 Å². The van der Waals surface area contributed by atoms with Crippen LogP contribution in [0.2, 0.25) is 0 Å². The Kier molecular flexibility index (Phi) is 11.2. The number of aryl methyl sites for hydroxylation is 2. The lowest BCUT2D eigenvalue weighted by Gasteiger charge is -2.39. The molecule has 0 amide bonds. The van der Waals surface area contributed by atoms with E-state index >= 15 is 0 Å². The van der Waals surface area contributed by atoms with Crippen molar-refractivity contribution in [3.63, 3.8) is 0 Å². The third-order valence-corrected chi connectivity index (χ3v) is 5.89. The number of pyridine rings is 1. The molecule has 0 spiro atoms. The Labute approximate surface area is 218 Å². The highest BCUT2D eigenvalue weighted by Crippen LogP contribution is 2.34. The van der Waals surface area contributed by atoms with Crippen molar-refractivity contribution in [3.05, 3.63) is 47.1 Å². The van der Waals surface area contributed by atoms with Crippen molar-refractivity contribution in [1.29, 1.82) is 0 Å². The van der Waals surface area contributed by atoms with Crippen LogP contribution in [0.15, 0.2) is 29.0 Å². The first-order valence-corrected chi connectivity index (χ1v) is 11.5. The molecule has 2 fully saturated rings. The topological polar surface area (TPSA) is 135 Å². The van der Waals surface area contributed by atoms with Crippen molar-refractivity contribution in [1.82, 2.24) is 15.0 Å². The number of aliphatic carboxylic acids is 2. The molecule has 218 valence electrons. The Bertz CT molecular complexity index is 1030. The standard InChI is InChI=1S/C19H25N3O3.2C2HF3O2/c1-13-16(14(2)25-21-13)11-22-9-10-23-19-17(22)3-4-18(19)24-12-15-5-7-20-8-6-15;2*3-2(4,5)1(6)7/h5-8,17-19H,3-4,9-12H2,1-2H3;2*(H,6,7)/t17-,18+,19+;;/m0../s1. The van der Waals surface area contributed by atoms with E-state index in [4.69, 9.17) is 33.8 Å². The highest BCUT2D eigenvalue weighted by molar-refractivity contribution is 5.73. The zero-order valence-corrected chi connectivity index (χ0v) is 20.8. The molecule has 3 heterocycles. The first-order chi connectivity index (χ1) is 18.1. The van der Waals surface area contributed by atoms with E-state index in [-0.39, 0.29) is 12.2 Å². The van der Waals surface area contributed by atoms with E-state index in [1.165, 1.54) is 5.56 Å². The molecule has 2 aromatic rings. The van der Waals surface area contributed by atoms with E-state index in [1.807, 2.05) is 26.0 Å². The van der Waals surface area contributed by atoms with Crippen molar-refractivity contribution >= 4 is 11.9 Å².